The molecule has 0 unspecified atom stereocenters. The molecule has 0 radical (unpaired) electrons. The highest BCUT2D eigenvalue weighted by molar-refractivity contribution is 6.30. The Labute approximate surface area is 92.5 Å². The summed E-state index contributed by atoms with van der Waals surface area (Å²) in [5, 5.41) is 9.58. The molecule has 0 saturated heterocycles. The third-order valence-corrected chi connectivity index (χ3v) is 1.91. The van der Waals surface area contributed by atoms with E-state index in [0.29, 0.717) is 18.3 Å². The largest absolute Gasteiger partial charge is 0.417 e. The lowest BCUT2D eigenvalue weighted by Crippen LogP contribution is -2.08. The zero-order valence-corrected chi connectivity index (χ0v) is 8.29. The zero-order chi connectivity index (χ0) is 12.3. The Bertz CT molecular complexity index is 445. The fraction of sp³-hybridized carbons (Fsp3) is 0.125. The fourth-order valence-electron chi connectivity index (χ4n) is 0.989. The summed E-state index contributed by atoms with van der Waals surface area (Å²) in [6, 6.07) is 0.700. The smallest absolute Gasteiger partial charge is 0.259 e. The molecule has 0 N–H and O–H groups in total. The van der Waals surface area contributed by atoms with Gasteiger partial charge in [0, 0.05) is 17.8 Å². The van der Waals surface area contributed by atoms with Crippen molar-refractivity contribution in [1.29, 1.82) is 0 Å². The summed E-state index contributed by atoms with van der Waals surface area (Å²) in [5.41, 5.74) is -1.58. The van der Waals surface area contributed by atoms with Crippen LogP contribution in [0.2, 0.25) is 5.15 Å². The molecule has 0 atom stereocenters. The van der Waals surface area contributed by atoms with E-state index >= 15 is 0 Å². The lowest BCUT2D eigenvalue weighted by atomic mass is 10.1. The van der Waals surface area contributed by atoms with Gasteiger partial charge in [-0.2, -0.15) is 13.2 Å². The number of hydrogen-bond donors (Lipinski definition) is 0. The summed E-state index contributed by atoms with van der Waals surface area (Å²) in [5.74, 6) is 0. The van der Waals surface area contributed by atoms with Crippen molar-refractivity contribution in [3.63, 3.8) is 0 Å². The van der Waals surface area contributed by atoms with Gasteiger partial charge in [0.1, 0.15) is 5.15 Å². The summed E-state index contributed by atoms with van der Waals surface area (Å²) < 4.78 is 37.4. The van der Waals surface area contributed by atoms with Crippen molar-refractivity contribution in [3.05, 3.63) is 44.9 Å². The van der Waals surface area contributed by atoms with Crippen LogP contribution in [-0.2, 0) is 6.18 Å². The normalized spacial score (nSPS) is 12.0. The summed E-state index contributed by atoms with van der Waals surface area (Å²) >= 11 is 5.43. The molecule has 0 bridgehead atoms. The standard InChI is InChI=1S/C8H4ClF3N2O2/c9-7-5(2-4-14(15)16)6(1-3-13-7)8(10,11)12/h1-4H/b4-2+. The number of rotatable bonds is 2. The molecule has 1 rings (SSSR count). The van der Waals surface area contributed by atoms with Gasteiger partial charge in [0.15, 0.2) is 0 Å². The van der Waals surface area contributed by atoms with E-state index in [-0.39, 0.29) is 0 Å². The van der Waals surface area contributed by atoms with Crippen LogP contribution in [0.25, 0.3) is 6.08 Å². The zero-order valence-electron chi connectivity index (χ0n) is 7.53. The average Bonchev–Trinajstić information content (AvgIpc) is 2.13. The van der Waals surface area contributed by atoms with Gasteiger partial charge in [-0.25, -0.2) is 4.98 Å². The number of halogens is 4. The SMILES string of the molecule is O=[N+]([O-])/C=C/c1c(C(F)(F)F)ccnc1Cl. The molecule has 0 aromatic carbocycles. The van der Waals surface area contributed by atoms with Crippen LogP contribution < -0.4 is 0 Å². The van der Waals surface area contributed by atoms with Gasteiger partial charge in [0.25, 0.3) is 0 Å². The van der Waals surface area contributed by atoms with E-state index in [4.69, 9.17) is 11.6 Å². The molecule has 1 heterocycles. The van der Waals surface area contributed by atoms with Gasteiger partial charge in [0.2, 0.25) is 6.20 Å². The Hall–Kier alpha value is -1.63. The van der Waals surface area contributed by atoms with Crippen molar-refractivity contribution in [2.45, 2.75) is 6.18 Å². The molecule has 0 aliphatic carbocycles. The van der Waals surface area contributed by atoms with Gasteiger partial charge in [-0.3, -0.25) is 10.1 Å². The van der Waals surface area contributed by atoms with Gasteiger partial charge in [-0.05, 0) is 6.07 Å². The van der Waals surface area contributed by atoms with E-state index in [2.05, 4.69) is 4.98 Å². The molecule has 8 heteroatoms. The van der Waals surface area contributed by atoms with Crippen molar-refractivity contribution in [1.82, 2.24) is 4.98 Å². The van der Waals surface area contributed by atoms with Crippen LogP contribution in [-0.4, -0.2) is 9.91 Å². The average molecular weight is 253 g/mol. The molecule has 0 saturated carbocycles. The van der Waals surface area contributed by atoms with E-state index in [1.165, 1.54) is 0 Å². The highest BCUT2D eigenvalue weighted by Gasteiger charge is 2.34. The monoisotopic (exact) mass is 252 g/mol. The first-order valence-electron chi connectivity index (χ1n) is 3.86. The van der Waals surface area contributed by atoms with Crippen LogP contribution in [0.15, 0.2) is 18.5 Å². The van der Waals surface area contributed by atoms with Crippen LogP contribution in [0.4, 0.5) is 13.2 Å². The molecule has 1 aromatic heterocycles. The minimum Gasteiger partial charge on any atom is -0.259 e. The van der Waals surface area contributed by atoms with Gasteiger partial charge in [0.05, 0.1) is 10.5 Å². The van der Waals surface area contributed by atoms with Gasteiger partial charge in [-0.1, -0.05) is 11.6 Å². The van der Waals surface area contributed by atoms with Crippen LogP contribution in [0.5, 0.6) is 0 Å². The quantitative estimate of drug-likeness (QED) is 0.462. The van der Waals surface area contributed by atoms with Crippen molar-refractivity contribution in [2.75, 3.05) is 0 Å². The van der Waals surface area contributed by atoms with Crippen LogP contribution in [0, 0.1) is 10.1 Å². The number of hydrogen-bond acceptors (Lipinski definition) is 3. The third-order valence-electron chi connectivity index (χ3n) is 1.61. The second-order valence-corrected chi connectivity index (χ2v) is 3.02. The Morgan fingerprint density at radius 1 is 1.50 bits per heavy atom. The van der Waals surface area contributed by atoms with Crippen molar-refractivity contribution in [3.8, 4) is 0 Å². The molecule has 0 fully saturated rings. The van der Waals surface area contributed by atoms with Crippen molar-refractivity contribution in [2.24, 2.45) is 0 Å². The van der Waals surface area contributed by atoms with E-state index in [1.54, 1.807) is 0 Å². The molecule has 0 aliphatic heterocycles. The van der Waals surface area contributed by atoms with Gasteiger partial charge < -0.3 is 0 Å². The number of alkyl halides is 3. The molecule has 86 valence electrons. The third kappa shape index (κ3) is 2.93. The first-order chi connectivity index (χ1) is 7.32. The predicted molar refractivity (Wildman–Crippen MR) is 50.3 cm³/mol. The molecule has 0 amide bonds. The number of nitro groups is 1. The predicted octanol–water partition coefficient (Wildman–Crippen LogP) is 3.00. The summed E-state index contributed by atoms with van der Waals surface area (Å²) in [6.07, 6.45) is -2.71. The van der Waals surface area contributed by atoms with Crippen LogP contribution in [0.3, 0.4) is 0 Å². The Morgan fingerprint density at radius 3 is 2.62 bits per heavy atom. The first-order valence-corrected chi connectivity index (χ1v) is 4.23. The molecular weight excluding hydrogens is 249 g/mol. The first kappa shape index (κ1) is 12.4. The van der Waals surface area contributed by atoms with E-state index in [0.717, 1.165) is 6.20 Å². The summed E-state index contributed by atoms with van der Waals surface area (Å²) in [7, 11) is 0. The Morgan fingerprint density at radius 2 is 2.12 bits per heavy atom. The van der Waals surface area contributed by atoms with Gasteiger partial charge >= 0.3 is 6.18 Å². The number of nitrogens with zero attached hydrogens (tertiary/aromatic N) is 2. The highest BCUT2D eigenvalue weighted by Crippen LogP contribution is 2.34. The molecule has 16 heavy (non-hydrogen) atoms. The van der Waals surface area contributed by atoms with Gasteiger partial charge in [-0.15, -0.1) is 0 Å². The lowest BCUT2D eigenvalue weighted by molar-refractivity contribution is -0.400. The second kappa shape index (κ2) is 4.48. The summed E-state index contributed by atoms with van der Waals surface area (Å²) in [4.78, 5) is 12.6. The van der Waals surface area contributed by atoms with Crippen LogP contribution >= 0.6 is 11.6 Å². The lowest BCUT2D eigenvalue weighted by Gasteiger charge is -2.09. The Balaban J connectivity index is 3.30. The van der Waals surface area contributed by atoms with E-state index in [1.807, 2.05) is 0 Å². The molecule has 0 spiro atoms. The molecule has 0 aliphatic rings. The minimum absolute atomic E-state index is 0.373. The molecule has 4 nitrogen and oxygen atoms in total. The van der Waals surface area contributed by atoms with E-state index < -0.39 is 27.4 Å². The molecule has 1 aromatic rings. The van der Waals surface area contributed by atoms with E-state index in [9.17, 15) is 23.3 Å². The molecular formula is C8H4ClF3N2O2. The maximum Gasteiger partial charge on any atom is 0.417 e. The minimum atomic E-state index is -4.64. The maximum atomic E-state index is 12.5. The number of pyridine rings is 1. The summed E-state index contributed by atoms with van der Waals surface area (Å²) in [6.45, 7) is 0. The van der Waals surface area contributed by atoms with Crippen molar-refractivity contribution >= 4 is 17.7 Å². The Kier molecular flexibility index (Phi) is 3.48. The second-order valence-electron chi connectivity index (χ2n) is 2.66. The van der Waals surface area contributed by atoms with Crippen LogP contribution in [0.1, 0.15) is 11.1 Å². The van der Waals surface area contributed by atoms with Crippen molar-refractivity contribution < 1.29 is 18.1 Å². The topological polar surface area (TPSA) is 56.0 Å². The number of aromatic nitrogens is 1. The highest BCUT2D eigenvalue weighted by atomic mass is 35.5. The fourth-order valence-corrected chi connectivity index (χ4v) is 1.21. The maximum absolute atomic E-state index is 12.5.